The Labute approximate surface area is 336 Å². The molecule has 3 nitrogen and oxygen atoms in total. The second-order valence-electron chi connectivity index (χ2n) is 15.2. The Hall–Kier alpha value is -7.40. The lowest BCUT2D eigenvalue weighted by Gasteiger charge is -2.35. The van der Waals surface area contributed by atoms with Crippen LogP contribution in [-0.2, 0) is 0 Å². The number of benzene rings is 9. The fraction of sp³-hybridized carbons (Fsp3) is 0. The van der Waals surface area contributed by atoms with Gasteiger partial charge in [0.05, 0.1) is 27.5 Å². The molecule has 0 radical (unpaired) electrons. The predicted molar refractivity (Wildman–Crippen MR) is 246 cm³/mol. The average Bonchev–Trinajstić information content (AvgIpc) is 3.96. The largest absolute Gasteiger partial charge is 0.456 e. The Morgan fingerprint density at radius 1 is 0.328 bits per heavy atom. The van der Waals surface area contributed by atoms with E-state index in [1.165, 1.54) is 64.4 Å². The topological polar surface area (TPSA) is 23.0 Å². The van der Waals surface area contributed by atoms with E-state index in [4.69, 9.17) is 4.42 Å². The van der Waals surface area contributed by atoms with Gasteiger partial charge in [-0.3, -0.25) is 0 Å². The number of aromatic nitrogens is 2. The standard InChI is InChI=1S/C54H36N2OSi/c1-4-18-37(19-5-1)55-47-30-13-10-26-42(47)44-29-17-33-51(53(44)55)58(39-21-6-2-7-22-39,40-23-8-3-9-24-40)41-25-16-20-38(36-41)56-48-31-14-11-27-43(48)45-34-35-50-52(54(45)56)46-28-12-15-32-49(46)57-50/h1-36H. The number of fused-ring (bicyclic) bond motifs is 10. The molecule has 0 aliphatic heterocycles. The van der Waals surface area contributed by atoms with Crippen molar-refractivity contribution in [3.05, 3.63) is 218 Å². The van der Waals surface area contributed by atoms with Crippen LogP contribution in [0.2, 0.25) is 0 Å². The van der Waals surface area contributed by atoms with Crippen molar-refractivity contribution in [2.24, 2.45) is 0 Å². The smallest absolute Gasteiger partial charge is 0.181 e. The predicted octanol–water partition coefficient (Wildman–Crippen LogP) is 11.2. The van der Waals surface area contributed by atoms with Crippen LogP contribution in [0.1, 0.15) is 0 Å². The lowest BCUT2D eigenvalue weighted by atomic mass is 10.1. The van der Waals surface area contributed by atoms with Gasteiger partial charge in [0.25, 0.3) is 0 Å². The van der Waals surface area contributed by atoms with Gasteiger partial charge in [0, 0.05) is 38.3 Å². The van der Waals surface area contributed by atoms with Gasteiger partial charge in [-0.25, -0.2) is 0 Å². The van der Waals surface area contributed by atoms with E-state index in [-0.39, 0.29) is 0 Å². The lowest BCUT2D eigenvalue weighted by Crippen LogP contribution is -2.75. The Morgan fingerprint density at radius 3 is 1.52 bits per heavy atom. The maximum absolute atomic E-state index is 6.50. The van der Waals surface area contributed by atoms with Crippen molar-refractivity contribution >= 4 is 94.4 Å². The highest BCUT2D eigenvalue weighted by molar-refractivity contribution is 7.20. The van der Waals surface area contributed by atoms with Crippen LogP contribution in [0.15, 0.2) is 223 Å². The van der Waals surface area contributed by atoms with Crippen LogP contribution in [0, 0.1) is 0 Å². The normalized spacial score (nSPS) is 12.1. The second-order valence-corrected chi connectivity index (χ2v) is 19.0. The van der Waals surface area contributed by atoms with E-state index in [9.17, 15) is 0 Å². The summed E-state index contributed by atoms with van der Waals surface area (Å²) in [6, 6.07) is 80.4. The van der Waals surface area contributed by atoms with Gasteiger partial charge in [-0.2, -0.15) is 0 Å². The van der Waals surface area contributed by atoms with Crippen molar-refractivity contribution in [1.82, 2.24) is 9.13 Å². The first-order valence-electron chi connectivity index (χ1n) is 19.9. The Balaban J connectivity index is 1.25. The molecule has 9 aromatic carbocycles. The van der Waals surface area contributed by atoms with Crippen LogP contribution in [0.4, 0.5) is 0 Å². The molecule has 0 unspecified atom stereocenters. The monoisotopic (exact) mass is 756 g/mol. The molecule has 0 fully saturated rings. The third-order valence-electron chi connectivity index (χ3n) is 12.2. The summed E-state index contributed by atoms with van der Waals surface area (Å²) in [5, 5.41) is 12.6. The first kappa shape index (κ1) is 32.8. The van der Waals surface area contributed by atoms with E-state index in [0.717, 1.165) is 33.3 Å². The summed E-state index contributed by atoms with van der Waals surface area (Å²) < 4.78 is 11.5. The van der Waals surface area contributed by atoms with Gasteiger partial charge in [0.2, 0.25) is 0 Å². The van der Waals surface area contributed by atoms with E-state index < -0.39 is 8.07 Å². The first-order valence-corrected chi connectivity index (χ1v) is 21.9. The molecule has 272 valence electrons. The van der Waals surface area contributed by atoms with E-state index in [2.05, 4.69) is 228 Å². The molecule has 58 heavy (non-hydrogen) atoms. The van der Waals surface area contributed by atoms with Crippen LogP contribution in [0.3, 0.4) is 0 Å². The summed E-state index contributed by atoms with van der Waals surface area (Å²) in [6.45, 7) is 0. The van der Waals surface area contributed by atoms with Crippen molar-refractivity contribution in [2.75, 3.05) is 0 Å². The molecular weight excluding hydrogens is 721 g/mol. The fourth-order valence-electron chi connectivity index (χ4n) is 9.92. The summed E-state index contributed by atoms with van der Waals surface area (Å²) in [6.07, 6.45) is 0. The highest BCUT2D eigenvalue weighted by atomic mass is 28.3. The van der Waals surface area contributed by atoms with Crippen LogP contribution >= 0.6 is 0 Å². The zero-order chi connectivity index (χ0) is 38.2. The molecule has 0 saturated heterocycles. The molecule has 3 aromatic heterocycles. The van der Waals surface area contributed by atoms with Crippen molar-refractivity contribution in [2.45, 2.75) is 0 Å². The summed E-state index contributed by atoms with van der Waals surface area (Å²) in [7, 11) is -3.11. The van der Waals surface area contributed by atoms with Gasteiger partial charge < -0.3 is 13.6 Å². The van der Waals surface area contributed by atoms with Crippen molar-refractivity contribution in [1.29, 1.82) is 0 Å². The van der Waals surface area contributed by atoms with Crippen molar-refractivity contribution < 1.29 is 4.42 Å². The molecular formula is C54H36N2OSi. The van der Waals surface area contributed by atoms with Gasteiger partial charge in [-0.1, -0.05) is 164 Å². The fourth-order valence-corrected chi connectivity index (χ4v) is 14.9. The first-order chi connectivity index (χ1) is 28.8. The van der Waals surface area contributed by atoms with Gasteiger partial charge >= 0.3 is 0 Å². The van der Waals surface area contributed by atoms with E-state index >= 15 is 0 Å². The van der Waals surface area contributed by atoms with Crippen LogP contribution in [0.5, 0.6) is 0 Å². The van der Waals surface area contributed by atoms with Crippen molar-refractivity contribution in [3.8, 4) is 11.4 Å². The summed E-state index contributed by atoms with van der Waals surface area (Å²) in [4.78, 5) is 0. The van der Waals surface area contributed by atoms with E-state index in [0.29, 0.717) is 0 Å². The number of para-hydroxylation sites is 5. The third-order valence-corrected chi connectivity index (χ3v) is 17.0. The van der Waals surface area contributed by atoms with Gasteiger partial charge in [-0.05, 0) is 75.3 Å². The number of nitrogens with zero attached hydrogens (tertiary/aromatic N) is 2. The van der Waals surface area contributed by atoms with Crippen LogP contribution in [-0.4, -0.2) is 17.2 Å². The quantitative estimate of drug-likeness (QED) is 0.122. The lowest BCUT2D eigenvalue weighted by molar-refractivity contribution is 0.669. The van der Waals surface area contributed by atoms with Gasteiger partial charge in [0.15, 0.2) is 8.07 Å². The van der Waals surface area contributed by atoms with Gasteiger partial charge in [-0.15, -0.1) is 0 Å². The molecule has 0 N–H and O–H groups in total. The summed E-state index contributed by atoms with van der Waals surface area (Å²) in [5.41, 5.74) is 8.87. The minimum atomic E-state index is -3.11. The molecule has 0 bridgehead atoms. The zero-order valence-electron chi connectivity index (χ0n) is 31.6. The third kappa shape index (κ3) is 4.61. The Morgan fingerprint density at radius 2 is 0.828 bits per heavy atom. The summed E-state index contributed by atoms with van der Waals surface area (Å²) in [5.74, 6) is 0. The molecule has 4 heteroatoms. The van der Waals surface area contributed by atoms with Crippen LogP contribution < -0.4 is 20.7 Å². The summed E-state index contributed by atoms with van der Waals surface area (Å²) >= 11 is 0. The Kier molecular flexibility index (Phi) is 7.25. The second kappa shape index (κ2) is 12.8. The maximum atomic E-state index is 6.50. The SMILES string of the molecule is c1ccc(-n2c3ccccc3c3cccc([Si](c4ccccc4)(c4ccccc4)c4cccc(-n5c6ccccc6c6ccc7oc8ccccc8c7c65)c4)c32)cc1. The number of hydrogen-bond donors (Lipinski definition) is 0. The molecule has 0 saturated carbocycles. The average molecular weight is 757 g/mol. The molecule has 0 atom stereocenters. The molecule has 0 aliphatic rings. The van der Waals surface area contributed by atoms with Crippen molar-refractivity contribution in [3.63, 3.8) is 0 Å². The zero-order valence-corrected chi connectivity index (χ0v) is 32.6. The number of furan rings is 1. The van der Waals surface area contributed by atoms with E-state index in [1.807, 2.05) is 0 Å². The van der Waals surface area contributed by atoms with E-state index in [1.54, 1.807) is 0 Å². The number of rotatable bonds is 6. The minimum Gasteiger partial charge on any atom is -0.456 e. The molecule has 3 heterocycles. The van der Waals surface area contributed by atoms with Crippen LogP contribution in [0.25, 0.3) is 76.9 Å². The minimum absolute atomic E-state index is 0.895. The highest BCUT2D eigenvalue weighted by Crippen LogP contribution is 2.41. The molecule has 0 spiro atoms. The Bertz CT molecular complexity index is 3470. The van der Waals surface area contributed by atoms with Gasteiger partial charge in [0.1, 0.15) is 11.2 Å². The highest BCUT2D eigenvalue weighted by Gasteiger charge is 2.44. The molecule has 12 rings (SSSR count). The molecule has 0 amide bonds. The maximum Gasteiger partial charge on any atom is 0.181 e. The molecule has 0 aliphatic carbocycles. The molecule has 12 aromatic rings. The number of hydrogen-bond acceptors (Lipinski definition) is 1.